The van der Waals surface area contributed by atoms with Gasteiger partial charge in [-0.05, 0) is 47.4 Å². The number of anilines is 2. The Balaban J connectivity index is 1.55. The Labute approximate surface area is 163 Å². The molecular formula is C23H21FN2O2. The summed E-state index contributed by atoms with van der Waals surface area (Å²) < 4.78 is 14.4. The maximum Gasteiger partial charge on any atom is 0.329 e. The maximum absolute atomic E-state index is 14.4. The van der Waals surface area contributed by atoms with Crippen molar-refractivity contribution in [2.24, 2.45) is 0 Å². The standard InChI is InChI=1S/C23H21FN2O2/c24-21-15-19(16-27)9-10-22(21)26-12-11-25(23(26)28)20-8-4-7-18(14-20)13-17-5-2-1-3-6-17/h1-10,14-15,27H,11-13,16H2. The SMILES string of the molecule is O=C1N(c2cccc(Cc3ccccc3)c2)CCN1c1ccc(CO)cc1F. The number of halogens is 1. The summed E-state index contributed by atoms with van der Waals surface area (Å²) in [7, 11) is 0. The van der Waals surface area contributed by atoms with Crippen molar-refractivity contribution in [3.05, 3.63) is 95.3 Å². The molecular weight excluding hydrogens is 355 g/mol. The lowest BCUT2D eigenvalue weighted by Gasteiger charge is -2.20. The van der Waals surface area contributed by atoms with Gasteiger partial charge in [0.05, 0.1) is 12.3 Å². The largest absolute Gasteiger partial charge is 0.392 e. The number of rotatable bonds is 5. The Hall–Kier alpha value is -3.18. The highest BCUT2D eigenvalue weighted by Gasteiger charge is 2.32. The third-order valence-corrected chi connectivity index (χ3v) is 4.97. The molecule has 4 nitrogen and oxygen atoms in total. The van der Waals surface area contributed by atoms with E-state index < -0.39 is 5.82 Å². The first kappa shape index (κ1) is 18.2. The molecule has 3 aromatic carbocycles. The molecule has 0 saturated carbocycles. The minimum Gasteiger partial charge on any atom is -0.392 e. The fraction of sp³-hybridized carbons (Fsp3) is 0.174. The highest BCUT2D eigenvalue weighted by atomic mass is 19.1. The number of aliphatic hydroxyl groups excluding tert-OH is 1. The number of urea groups is 1. The molecule has 142 valence electrons. The molecule has 4 rings (SSSR count). The van der Waals surface area contributed by atoms with Crippen molar-refractivity contribution in [1.82, 2.24) is 0 Å². The molecule has 2 amide bonds. The van der Waals surface area contributed by atoms with E-state index in [1.165, 1.54) is 16.5 Å². The highest BCUT2D eigenvalue weighted by molar-refractivity contribution is 6.06. The molecule has 1 N–H and O–H groups in total. The molecule has 1 fully saturated rings. The van der Waals surface area contributed by atoms with Crippen molar-refractivity contribution in [3.8, 4) is 0 Å². The lowest BCUT2D eigenvalue weighted by atomic mass is 10.0. The highest BCUT2D eigenvalue weighted by Crippen LogP contribution is 2.28. The molecule has 0 radical (unpaired) electrons. The smallest absolute Gasteiger partial charge is 0.329 e. The van der Waals surface area contributed by atoms with E-state index in [9.17, 15) is 9.18 Å². The number of hydrogen-bond donors (Lipinski definition) is 1. The zero-order chi connectivity index (χ0) is 19.5. The van der Waals surface area contributed by atoms with Gasteiger partial charge in [-0.3, -0.25) is 9.80 Å². The van der Waals surface area contributed by atoms with Crippen molar-refractivity contribution < 1.29 is 14.3 Å². The third kappa shape index (κ3) is 3.62. The molecule has 0 bridgehead atoms. The molecule has 1 saturated heterocycles. The van der Waals surface area contributed by atoms with E-state index in [1.807, 2.05) is 42.5 Å². The molecule has 1 aliphatic heterocycles. The summed E-state index contributed by atoms with van der Waals surface area (Å²) in [5.74, 6) is -0.500. The first-order valence-corrected chi connectivity index (χ1v) is 9.27. The Morgan fingerprint density at radius 1 is 0.821 bits per heavy atom. The summed E-state index contributed by atoms with van der Waals surface area (Å²) >= 11 is 0. The summed E-state index contributed by atoms with van der Waals surface area (Å²) in [6.45, 7) is 0.678. The van der Waals surface area contributed by atoms with E-state index in [-0.39, 0.29) is 18.3 Å². The molecule has 3 aromatic rings. The van der Waals surface area contributed by atoms with Gasteiger partial charge in [0.25, 0.3) is 0 Å². The van der Waals surface area contributed by atoms with Crippen molar-refractivity contribution in [3.63, 3.8) is 0 Å². The van der Waals surface area contributed by atoms with Crippen molar-refractivity contribution in [2.75, 3.05) is 22.9 Å². The number of amides is 2. The zero-order valence-corrected chi connectivity index (χ0v) is 15.4. The topological polar surface area (TPSA) is 43.8 Å². The molecule has 5 heteroatoms. The van der Waals surface area contributed by atoms with E-state index in [0.29, 0.717) is 18.7 Å². The number of carbonyl (C=O) groups excluding carboxylic acids is 1. The minimum atomic E-state index is -0.500. The van der Waals surface area contributed by atoms with Crippen LogP contribution in [0.3, 0.4) is 0 Å². The lowest BCUT2D eigenvalue weighted by Crippen LogP contribution is -2.32. The van der Waals surface area contributed by atoms with Gasteiger partial charge in [0.2, 0.25) is 0 Å². The molecule has 1 heterocycles. The van der Waals surface area contributed by atoms with Gasteiger partial charge in [0.1, 0.15) is 5.82 Å². The fourth-order valence-corrected chi connectivity index (χ4v) is 3.53. The van der Waals surface area contributed by atoms with Crippen LogP contribution in [0.15, 0.2) is 72.8 Å². The van der Waals surface area contributed by atoms with Crippen LogP contribution >= 0.6 is 0 Å². The molecule has 0 atom stereocenters. The predicted octanol–water partition coefficient (Wildman–Crippen LogP) is 4.36. The Bertz CT molecular complexity index is 991. The third-order valence-electron chi connectivity index (χ3n) is 4.97. The van der Waals surface area contributed by atoms with Gasteiger partial charge in [-0.15, -0.1) is 0 Å². The molecule has 0 aliphatic carbocycles. The molecule has 0 aromatic heterocycles. The molecule has 0 spiro atoms. The summed E-state index contributed by atoms with van der Waals surface area (Å²) in [6.07, 6.45) is 0.789. The number of carbonyl (C=O) groups is 1. The van der Waals surface area contributed by atoms with Crippen LogP contribution in [0, 0.1) is 5.82 Å². The van der Waals surface area contributed by atoms with E-state index in [0.717, 1.165) is 17.7 Å². The Morgan fingerprint density at radius 2 is 1.57 bits per heavy atom. The summed E-state index contributed by atoms with van der Waals surface area (Å²) in [5.41, 5.74) is 3.87. The normalized spacial score (nSPS) is 14.0. The van der Waals surface area contributed by atoms with E-state index in [4.69, 9.17) is 5.11 Å². The quantitative estimate of drug-likeness (QED) is 0.719. The van der Waals surface area contributed by atoms with E-state index in [2.05, 4.69) is 12.1 Å². The molecule has 0 unspecified atom stereocenters. The fourth-order valence-electron chi connectivity index (χ4n) is 3.53. The number of aliphatic hydroxyl groups is 1. The average molecular weight is 376 g/mol. The van der Waals surface area contributed by atoms with Gasteiger partial charge in [0.15, 0.2) is 0 Å². The van der Waals surface area contributed by atoms with Crippen LogP contribution in [0.4, 0.5) is 20.6 Å². The Morgan fingerprint density at radius 3 is 2.32 bits per heavy atom. The van der Waals surface area contributed by atoms with E-state index in [1.54, 1.807) is 17.0 Å². The second-order valence-corrected chi connectivity index (χ2v) is 6.86. The minimum absolute atomic E-state index is 0.231. The number of hydrogen-bond acceptors (Lipinski definition) is 2. The van der Waals surface area contributed by atoms with Crippen LogP contribution < -0.4 is 9.80 Å². The second kappa shape index (κ2) is 7.82. The van der Waals surface area contributed by atoms with Crippen LogP contribution in [-0.4, -0.2) is 24.2 Å². The Kier molecular flexibility index (Phi) is 5.08. The van der Waals surface area contributed by atoms with E-state index >= 15 is 0 Å². The molecule has 1 aliphatic rings. The first-order valence-electron chi connectivity index (χ1n) is 9.27. The monoisotopic (exact) mass is 376 g/mol. The average Bonchev–Trinajstić information content (AvgIpc) is 3.10. The van der Waals surface area contributed by atoms with Gasteiger partial charge in [0, 0.05) is 18.8 Å². The zero-order valence-electron chi connectivity index (χ0n) is 15.4. The van der Waals surface area contributed by atoms with Crippen LogP contribution in [0.25, 0.3) is 0 Å². The summed E-state index contributed by atoms with van der Waals surface area (Å²) in [4.78, 5) is 16.0. The number of nitrogens with zero attached hydrogens (tertiary/aromatic N) is 2. The van der Waals surface area contributed by atoms with Crippen molar-refractivity contribution >= 4 is 17.4 Å². The summed E-state index contributed by atoms with van der Waals surface area (Å²) in [6, 6.07) is 22.3. The van der Waals surface area contributed by atoms with Crippen LogP contribution in [0.5, 0.6) is 0 Å². The second-order valence-electron chi connectivity index (χ2n) is 6.86. The van der Waals surface area contributed by atoms with Gasteiger partial charge >= 0.3 is 6.03 Å². The molecule has 28 heavy (non-hydrogen) atoms. The van der Waals surface area contributed by atoms with Gasteiger partial charge < -0.3 is 5.11 Å². The lowest BCUT2D eigenvalue weighted by molar-refractivity contribution is 0.255. The number of benzene rings is 3. The van der Waals surface area contributed by atoms with Gasteiger partial charge in [-0.1, -0.05) is 48.5 Å². The van der Waals surface area contributed by atoms with Crippen LogP contribution in [0.2, 0.25) is 0 Å². The van der Waals surface area contributed by atoms with Gasteiger partial charge in [-0.2, -0.15) is 0 Å². The van der Waals surface area contributed by atoms with Gasteiger partial charge in [-0.25, -0.2) is 9.18 Å². The maximum atomic E-state index is 14.4. The van der Waals surface area contributed by atoms with Crippen LogP contribution in [0.1, 0.15) is 16.7 Å². The van der Waals surface area contributed by atoms with Crippen molar-refractivity contribution in [2.45, 2.75) is 13.0 Å². The summed E-state index contributed by atoms with van der Waals surface area (Å²) in [5, 5.41) is 9.14. The van der Waals surface area contributed by atoms with Crippen LogP contribution in [-0.2, 0) is 13.0 Å². The predicted molar refractivity (Wildman–Crippen MR) is 108 cm³/mol. The first-order chi connectivity index (χ1) is 13.7. The van der Waals surface area contributed by atoms with Crippen molar-refractivity contribution in [1.29, 1.82) is 0 Å².